The molecule has 1 aliphatic rings. The van der Waals surface area contributed by atoms with E-state index in [1.165, 1.54) is 0 Å². The van der Waals surface area contributed by atoms with Crippen LogP contribution in [0.5, 0.6) is 0 Å². The third kappa shape index (κ3) is 1.97. The van der Waals surface area contributed by atoms with Crippen molar-refractivity contribution in [2.24, 2.45) is 0 Å². The summed E-state index contributed by atoms with van der Waals surface area (Å²) in [5.41, 5.74) is 0.296. The summed E-state index contributed by atoms with van der Waals surface area (Å²) in [6, 6.07) is 0.172. The fourth-order valence-electron chi connectivity index (χ4n) is 2.44. The van der Waals surface area contributed by atoms with Gasteiger partial charge in [0, 0.05) is 6.04 Å². The van der Waals surface area contributed by atoms with Gasteiger partial charge in [-0.05, 0) is 46.5 Å². The molecule has 3 nitrogen and oxygen atoms in total. The van der Waals surface area contributed by atoms with Crippen molar-refractivity contribution in [2.45, 2.75) is 64.6 Å². The molecular formula is C12H20FN3. The lowest BCUT2D eigenvalue weighted by Gasteiger charge is -2.25. The Morgan fingerprint density at radius 2 is 2.06 bits per heavy atom. The lowest BCUT2D eigenvalue weighted by molar-refractivity contribution is 0.149. The highest BCUT2D eigenvalue weighted by molar-refractivity contribution is 5.19. The molecule has 0 spiro atoms. The quantitative estimate of drug-likeness (QED) is 0.735. The van der Waals surface area contributed by atoms with Gasteiger partial charge in [-0.1, -0.05) is 11.6 Å². The van der Waals surface area contributed by atoms with Crippen molar-refractivity contribution < 1.29 is 4.39 Å². The predicted molar refractivity (Wildman–Crippen MR) is 61.0 cm³/mol. The van der Waals surface area contributed by atoms with E-state index >= 15 is 0 Å². The molecule has 1 aromatic heterocycles. The maximum Gasteiger partial charge on any atom is 0.151 e. The number of fused-ring (bicyclic) bond motifs is 1. The number of nitrogens with zero attached hydrogens (tertiary/aromatic N) is 3. The minimum absolute atomic E-state index is 0.172. The van der Waals surface area contributed by atoms with Crippen LogP contribution in [-0.2, 0) is 12.1 Å². The Labute approximate surface area is 96.0 Å². The third-order valence-electron chi connectivity index (χ3n) is 3.31. The second-order valence-electron chi connectivity index (χ2n) is 5.18. The largest absolute Gasteiger partial charge is 0.243 e. The molecular weight excluding hydrogens is 205 g/mol. The summed E-state index contributed by atoms with van der Waals surface area (Å²) in [6.45, 7) is 5.70. The monoisotopic (exact) mass is 225 g/mol. The summed E-state index contributed by atoms with van der Waals surface area (Å²) in [5.74, 6) is 0. The normalized spacial score (nSPS) is 26.3. The molecule has 4 heteroatoms. The van der Waals surface area contributed by atoms with Gasteiger partial charge in [0.25, 0.3) is 0 Å². The average molecular weight is 225 g/mol. The van der Waals surface area contributed by atoms with E-state index in [2.05, 4.69) is 10.3 Å². The molecule has 0 N–H and O–H groups in total. The maximum atomic E-state index is 14.7. The summed E-state index contributed by atoms with van der Waals surface area (Å²) in [5, 5.41) is 8.25. The van der Waals surface area contributed by atoms with Crippen molar-refractivity contribution in [3.8, 4) is 0 Å². The summed E-state index contributed by atoms with van der Waals surface area (Å²) < 4.78 is 16.4. The van der Waals surface area contributed by atoms with Gasteiger partial charge in [0.1, 0.15) is 0 Å². The maximum absolute atomic E-state index is 14.7. The van der Waals surface area contributed by atoms with Crippen molar-refractivity contribution in [1.82, 2.24) is 15.0 Å². The highest BCUT2D eigenvalue weighted by Gasteiger charge is 2.35. The smallest absolute Gasteiger partial charge is 0.151 e. The first kappa shape index (κ1) is 11.6. The first-order chi connectivity index (χ1) is 7.52. The molecule has 1 aromatic rings. The van der Waals surface area contributed by atoms with Gasteiger partial charge in [0.05, 0.1) is 11.4 Å². The summed E-state index contributed by atoms with van der Waals surface area (Å²) in [6.07, 6.45) is 4.59. The Balaban J connectivity index is 2.48. The first-order valence-electron chi connectivity index (χ1n) is 6.16. The number of alkyl halides is 1. The average Bonchev–Trinajstić information content (AvgIpc) is 2.59. The zero-order valence-electron chi connectivity index (χ0n) is 10.3. The van der Waals surface area contributed by atoms with Crippen LogP contribution in [-0.4, -0.2) is 15.0 Å². The molecule has 1 atom stereocenters. The van der Waals surface area contributed by atoms with Crippen molar-refractivity contribution in [1.29, 1.82) is 0 Å². The zero-order valence-corrected chi connectivity index (χ0v) is 10.3. The van der Waals surface area contributed by atoms with Gasteiger partial charge < -0.3 is 0 Å². The Morgan fingerprint density at radius 1 is 1.31 bits per heavy atom. The van der Waals surface area contributed by atoms with Crippen LogP contribution in [0, 0.1) is 0 Å². The Bertz CT molecular complexity index is 368. The standard InChI is InChI=1S/C12H20FN3/c1-9(2)16-11-10(14-15-16)7-5-4-6-8-12(11,3)13/h9H,4-8H2,1-3H3. The first-order valence-corrected chi connectivity index (χ1v) is 6.16. The number of aromatic nitrogens is 3. The molecule has 0 fully saturated rings. The second kappa shape index (κ2) is 4.15. The van der Waals surface area contributed by atoms with Crippen LogP contribution in [0.4, 0.5) is 4.39 Å². The van der Waals surface area contributed by atoms with Crippen molar-refractivity contribution >= 4 is 0 Å². The molecule has 2 rings (SSSR count). The van der Waals surface area contributed by atoms with E-state index in [0.29, 0.717) is 12.1 Å². The highest BCUT2D eigenvalue weighted by Crippen LogP contribution is 2.36. The van der Waals surface area contributed by atoms with Gasteiger partial charge in [-0.25, -0.2) is 9.07 Å². The Hall–Kier alpha value is -0.930. The third-order valence-corrected chi connectivity index (χ3v) is 3.31. The molecule has 0 saturated heterocycles. The molecule has 0 aliphatic heterocycles. The van der Waals surface area contributed by atoms with E-state index in [1.54, 1.807) is 11.6 Å². The number of halogens is 1. The van der Waals surface area contributed by atoms with Crippen LogP contribution in [0.25, 0.3) is 0 Å². The zero-order chi connectivity index (χ0) is 11.8. The van der Waals surface area contributed by atoms with E-state index in [4.69, 9.17) is 0 Å². The molecule has 0 amide bonds. The van der Waals surface area contributed by atoms with E-state index in [1.807, 2.05) is 13.8 Å². The Morgan fingerprint density at radius 3 is 2.75 bits per heavy atom. The highest BCUT2D eigenvalue weighted by atomic mass is 19.1. The molecule has 16 heavy (non-hydrogen) atoms. The fraction of sp³-hybridized carbons (Fsp3) is 0.833. The van der Waals surface area contributed by atoms with E-state index in [0.717, 1.165) is 31.4 Å². The molecule has 1 aliphatic carbocycles. The lowest BCUT2D eigenvalue weighted by atomic mass is 9.90. The molecule has 90 valence electrons. The van der Waals surface area contributed by atoms with E-state index in [9.17, 15) is 4.39 Å². The van der Waals surface area contributed by atoms with Gasteiger partial charge in [-0.3, -0.25) is 0 Å². The molecule has 1 unspecified atom stereocenters. The van der Waals surface area contributed by atoms with Crippen LogP contribution < -0.4 is 0 Å². The molecule has 1 heterocycles. The van der Waals surface area contributed by atoms with E-state index < -0.39 is 5.67 Å². The van der Waals surface area contributed by atoms with Gasteiger partial charge in [-0.15, -0.1) is 5.10 Å². The van der Waals surface area contributed by atoms with Crippen molar-refractivity contribution in [3.63, 3.8) is 0 Å². The predicted octanol–water partition coefficient (Wildman–Crippen LogP) is 3.16. The van der Waals surface area contributed by atoms with Crippen molar-refractivity contribution in [2.75, 3.05) is 0 Å². The Kier molecular flexibility index (Phi) is 3.00. The minimum atomic E-state index is -1.27. The topological polar surface area (TPSA) is 30.7 Å². The second-order valence-corrected chi connectivity index (χ2v) is 5.18. The number of rotatable bonds is 1. The molecule has 0 saturated carbocycles. The number of aryl methyl sites for hydroxylation is 1. The van der Waals surface area contributed by atoms with Crippen LogP contribution in [0.3, 0.4) is 0 Å². The van der Waals surface area contributed by atoms with Crippen molar-refractivity contribution in [3.05, 3.63) is 11.4 Å². The fourth-order valence-corrected chi connectivity index (χ4v) is 2.44. The summed E-state index contributed by atoms with van der Waals surface area (Å²) in [7, 11) is 0. The van der Waals surface area contributed by atoms with Gasteiger partial charge in [-0.2, -0.15) is 0 Å². The molecule has 0 radical (unpaired) electrons. The summed E-state index contributed by atoms with van der Waals surface area (Å²) >= 11 is 0. The van der Waals surface area contributed by atoms with Crippen LogP contribution in [0.15, 0.2) is 0 Å². The van der Waals surface area contributed by atoms with Gasteiger partial charge >= 0.3 is 0 Å². The minimum Gasteiger partial charge on any atom is -0.243 e. The SMILES string of the molecule is CC(C)n1nnc2c1C(C)(F)CCCCC2. The molecule has 0 aromatic carbocycles. The van der Waals surface area contributed by atoms with Crippen LogP contribution >= 0.6 is 0 Å². The number of hydrogen-bond donors (Lipinski definition) is 0. The van der Waals surface area contributed by atoms with Crippen LogP contribution in [0.2, 0.25) is 0 Å². The van der Waals surface area contributed by atoms with Gasteiger partial charge in [0.15, 0.2) is 5.67 Å². The van der Waals surface area contributed by atoms with Crippen LogP contribution in [0.1, 0.15) is 63.9 Å². The lowest BCUT2D eigenvalue weighted by Crippen LogP contribution is -2.24. The van der Waals surface area contributed by atoms with E-state index in [-0.39, 0.29) is 6.04 Å². The summed E-state index contributed by atoms with van der Waals surface area (Å²) in [4.78, 5) is 0. The van der Waals surface area contributed by atoms with Gasteiger partial charge in [0.2, 0.25) is 0 Å². The molecule has 0 bridgehead atoms. The number of hydrogen-bond acceptors (Lipinski definition) is 2.